The topological polar surface area (TPSA) is 81.1 Å². The lowest BCUT2D eigenvalue weighted by Crippen LogP contribution is -2.33. The summed E-state index contributed by atoms with van der Waals surface area (Å²) in [5.41, 5.74) is 1.90. The van der Waals surface area contributed by atoms with E-state index in [1.807, 2.05) is 31.2 Å². The third kappa shape index (κ3) is 4.89. The summed E-state index contributed by atoms with van der Waals surface area (Å²) in [6.45, 7) is 9.17. The van der Waals surface area contributed by atoms with Gasteiger partial charge in [0.1, 0.15) is 11.5 Å². The van der Waals surface area contributed by atoms with Crippen LogP contribution in [0.1, 0.15) is 43.0 Å². The molecule has 2 aromatic carbocycles. The fourth-order valence-corrected chi connectivity index (χ4v) is 4.41. The molecule has 1 amide bonds. The Balaban J connectivity index is 2.06. The van der Waals surface area contributed by atoms with E-state index in [1.165, 1.54) is 17.0 Å². The maximum Gasteiger partial charge on any atom is 0.295 e. The number of aliphatic hydroxyl groups excluding tert-OH is 1. The molecule has 3 rings (SSSR count). The molecule has 2 N–H and O–H groups in total. The Morgan fingerprint density at radius 2 is 1.75 bits per heavy atom. The van der Waals surface area contributed by atoms with Crippen molar-refractivity contribution in [1.29, 1.82) is 0 Å². The number of ketones is 1. The van der Waals surface area contributed by atoms with Crippen LogP contribution in [-0.4, -0.2) is 57.9 Å². The Morgan fingerprint density at radius 3 is 2.38 bits per heavy atom. The SMILES string of the molecule is CCN(CC)CCCN1C(=O)C(=O)C(=C(O)c2cc(Br)ccc2O)[C@H]1c1ccc(C)cc1. The molecule has 1 saturated heterocycles. The summed E-state index contributed by atoms with van der Waals surface area (Å²) in [5.74, 6) is -1.92. The van der Waals surface area contributed by atoms with Crippen LogP contribution < -0.4 is 0 Å². The zero-order valence-corrected chi connectivity index (χ0v) is 20.2. The van der Waals surface area contributed by atoms with Crippen molar-refractivity contribution in [2.24, 2.45) is 0 Å². The molecule has 2 aromatic rings. The highest BCUT2D eigenvalue weighted by Crippen LogP contribution is 2.41. The molecule has 0 aliphatic carbocycles. The highest BCUT2D eigenvalue weighted by molar-refractivity contribution is 9.10. The van der Waals surface area contributed by atoms with Crippen LogP contribution in [0.3, 0.4) is 0 Å². The van der Waals surface area contributed by atoms with Gasteiger partial charge in [-0.05, 0) is 56.7 Å². The molecule has 1 atom stereocenters. The number of hydrogen-bond acceptors (Lipinski definition) is 5. The van der Waals surface area contributed by atoms with Gasteiger partial charge in [-0.3, -0.25) is 9.59 Å². The van der Waals surface area contributed by atoms with Crippen molar-refractivity contribution in [3.05, 3.63) is 69.2 Å². The minimum atomic E-state index is -0.740. The largest absolute Gasteiger partial charge is 0.507 e. The van der Waals surface area contributed by atoms with E-state index in [1.54, 1.807) is 6.07 Å². The number of Topliss-reactive ketones (excluding diaryl/α,β-unsaturated/α-hetero) is 1. The van der Waals surface area contributed by atoms with Crippen LogP contribution in [0.4, 0.5) is 0 Å². The maximum atomic E-state index is 13.1. The first kappa shape index (κ1) is 24.0. The Kier molecular flexibility index (Phi) is 7.74. The Bertz CT molecular complexity index is 1030. The monoisotopic (exact) mass is 500 g/mol. The lowest BCUT2D eigenvalue weighted by Gasteiger charge is -2.27. The third-order valence-corrected chi connectivity index (χ3v) is 6.41. The second-order valence-corrected chi connectivity index (χ2v) is 8.86. The van der Waals surface area contributed by atoms with Gasteiger partial charge in [0.15, 0.2) is 0 Å². The van der Waals surface area contributed by atoms with Crippen molar-refractivity contribution in [1.82, 2.24) is 9.80 Å². The van der Waals surface area contributed by atoms with Crippen LogP contribution >= 0.6 is 15.9 Å². The van der Waals surface area contributed by atoms with E-state index in [0.717, 1.165) is 30.8 Å². The van der Waals surface area contributed by atoms with Crippen LogP contribution in [-0.2, 0) is 9.59 Å². The van der Waals surface area contributed by atoms with E-state index >= 15 is 0 Å². The smallest absolute Gasteiger partial charge is 0.295 e. The minimum Gasteiger partial charge on any atom is -0.507 e. The van der Waals surface area contributed by atoms with Gasteiger partial charge >= 0.3 is 0 Å². The van der Waals surface area contributed by atoms with E-state index in [4.69, 9.17) is 0 Å². The number of benzene rings is 2. The summed E-state index contributed by atoms with van der Waals surface area (Å²) >= 11 is 3.33. The minimum absolute atomic E-state index is 0.00454. The molecule has 0 saturated carbocycles. The number of aromatic hydroxyl groups is 1. The average molecular weight is 501 g/mol. The molecular formula is C25H29BrN2O4. The van der Waals surface area contributed by atoms with Gasteiger partial charge in [0, 0.05) is 11.0 Å². The van der Waals surface area contributed by atoms with Gasteiger partial charge in [-0.25, -0.2) is 0 Å². The van der Waals surface area contributed by atoms with E-state index < -0.39 is 17.7 Å². The van der Waals surface area contributed by atoms with Gasteiger partial charge in [0.25, 0.3) is 11.7 Å². The predicted molar refractivity (Wildman–Crippen MR) is 128 cm³/mol. The number of halogens is 1. The van der Waals surface area contributed by atoms with Gasteiger partial charge in [-0.15, -0.1) is 0 Å². The molecule has 1 fully saturated rings. The molecule has 1 aliphatic heterocycles. The van der Waals surface area contributed by atoms with Crippen molar-refractivity contribution in [3.63, 3.8) is 0 Å². The first-order valence-electron chi connectivity index (χ1n) is 10.8. The molecular weight excluding hydrogens is 472 g/mol. The molecule has 0 spiro atoms. The fraction of sp³-hybridized carbons (Fsp3) is 0.360. The van der Waals surface area contributed by atoms with Crippen LogP contribution in [0.25, 0.3) is 5.76 Å². The van der Waals surface area contributed by atoms with Gasteiger partial charge < -0.3 is 20.0 Å². The number of nitrogens with zero attached hydrogens (tertiary/aromatic N) is 2. The summed E-state index contributed by atoms with van der Waals surface area (Å²) in [6.07, 6.45) is 0.708. The van der Waals surface area contributed by atoms with Crippen molar-refractivity contribution in [3.8, 4) is 5.75 Å². The quantitative estimate of drug-likeness (QED) is 0.314. The molecule has 170 valence electrons. The second kappa shape index (κ2) is 10.3. The molecule has 0 bridgehead atoms. The number of aryl methyl sites for hydroxylation is 1. The molecule has 0 aromatic heterocycles. The normalized spacial score (nSPS) is 18.0. The van der Waals surface area contributed by atoms with Crippen LogP contribution in [0.2, 0.25) is 0 Å². The van der Waals surface area contributed by atoms with Crippen molar-refractivity contribution in [2.45, 2.75) is 33.2 Å². The molecule has 1 aliphatic rings. The van der Waals surface area contributed by atoms with Gasteiger partial charge in [-0.2, -0.15) is 0 Å². The number of phenolic OH excluding ortho intramolecular Hbond substituents is 1. The first-order valence-corrected chi connectivity index (χ1v) is 11.6. The lowest BCUT2D eigenvalue weighted by molar-refractivity contribution is -0.140. The number of aliphatic hydroxyl groups is 1. The van der Waals surface area contributed by atoms with Crippen molar-refractivity contribution in [2.75, 3.05) is 26.2 Å². The maximum absolute atomic E-state index is 13.1. The highest BCUT2D eigenvalue weighted by atomic mass is 79.9. The number of phenols is 1. The Morgan fingerprint density at radius 1 is 1.09 bits per heavy atom. The van der Waals surface area contributed by atoms with Crippen molar-refractivity contribution >= 4 is 33.4 Å². The molecule has 32 heavy (non-hydrogen) atoms. The van der Waals surface area contributed by atoms with E-state index in [9.17, 15) is 19.8 Å². The Hall–Kier alpha value is -2.64. The summed E-state index contributed by atoms with van der Waals surface area (Å²) in [6, 6.07) is 11.5. The lowest BCUT2D eigenvalue weighted by atomic mass is 9.94. The number of hydrogen-bond donors (Lipinski definition) is 2. The number of carbonyl (C=O) groups excluding carboxylic acids is 2. The molecule has 6 nitrogen and oxygen atoms in total. The van der Waals surface area contributed by atoms with Crippen LogP contribution in [0, 0.1) is 6.92 Å². The van der Waals surface area contributed by atoms with Gasteiger partial charge in [-0.1, -0.05) is 59.6 Å². The number of carbonyl (C=O) groups is 2. The highest BCUT2D eigenvalue weighted by Gasteiger charge is 2.46. The fourth-order valence-electron chi connectivity index (χ4n) is 4.05. The van der Waals surface area contributed by atoms with E-state index in [0.29, 0.717) is 17.4 Å². The number of rotatable bonds is 8. The average Bonchev–Trinajstić information content (AvgIpc) is 3.03. The molecule has 1 heterocycles. The zero-order valence-electron chi connectivity index (χ0n) is 18.6. The summed E-state index contributed by atoms with van der Waals surface area (Å²) in [5, 5.41) is 21.4. The Labute approximate surface area is 197 Å². The summed E-state index contributed by atoms with van der Waals surface area (Å²) in [7, 11) is 0. The second-order valence-electron chi connectivity index (χ2n) is 7.95. The molecule has 7 heteroatoms. The third-order valence-electron chi connectivity index (χ3n) is 5.91. The van der Waals surface area contributed by atoms with Crippen LogP contribution in [0.5, 0.6) is 5.75 Å². The molecule has 0 radical (unpaired) electrons. The standard InChI is InChI=1S/C25H29BrN2O4/c1-4-27(5-2)13-6-14-28-22(17-9-7-16(3)8-10-17)21(24(31)25(28)32)23(30)19-15-18(26)11-12-20(19)29/h7-12,15,22,29-30H,4-6,13-14H2,1-3H3/t22-/m1/s1. The first-order chi connectivity index (χ1) is 15.3. The summed E-state index contributed by atoms with van der Waals surface area (Å²) in [4.78, 5) is 29.9. The zero-order chi connectivity index (χ0) is 23.4. The number of likely N-dealkylation sites (tertiary alicyclic amines) is 1. The van der Waals surface area contributed by atoms with E-state index in [2.05, 4.69) is 34.7 Å². The summed E-state index contributed by atoms with van der Waals surface area (Å²) < 4.78 is 0.636. The van der Waals surface area contributed by atoms with Crippen LogP contribution in [0.15, 0.2) is 52.5 Å². The van der Waals surface area contributed by atoms with E-state index in [-0.39, 0.29) is 22.6 Å². The predicted octanol–water partition coefficient (Wildman–Crippen LogP) is 4.62. The van der Waals surface area contributed by atoms with Gasteiger partial charge in [0.05, 0.1) is 17.2 Å². The van der Waals surface area contributed by atoms with Gasteiger partial charge in [0.2, 0.25) is 0 Å². The molecule has 0 unspecified atom stereocenters. The van der Waals surface area contributed by atoms with Crippen molar-refractivity contribution < 1.29 is 19.8 Å². The number of amides is 1.